The number of benzene rings is 1. The lowest BCUT2D eigenvalue weighted by molar-refractivity contribution is 0.639. The highest BCUT2D eigenvalue weighted by Crippen LogP contribution is 2.33. The van der Waals surface area contributed by atoms with Crippen LogP contribution in [0.2, 0.25) is 0 Å². The molecule has 108 valence electrons. The molecule has 0 aliphatic rings. The number of aromatic nitrogens is 2. The Balaban J connectivity index is 2.18. The standard InChI is InChI=1S/C17H19N3S/c1-4-19-16(17-11(2)20-12(3)21-17)15-7-5-6-13-10-18-9-8-14(13)15/h5-10,16,19H,4H2,1-3H3. The van der Waals surface area contributed by atoms with E-state index in [-0.39, 0.29) is 6.04 Å². The highest BCUT2D eigenvalue weighted by atomic mass is 32.1. The van der Waals surface area contributed by atoms with Crippen LogP contribution < -0.4 is 5.32 Å². The van der Waals surface area contributed by atoms with Crippen molar-refractivity contribution in [1.82, 2.24) is 15.3 Å². The van der Waals surface area contributed by atoms with Crippen LogP contribution in [0.15, 0.2) is 36.7 Å². The first-order valence-electron chi connectivity index (χ1n) is 7.20. The maximum absolute atomic E-state index is 4.59. The summed E-state index contributed by atoms with van der Waals surface area (Å²) >= 11 is 1.78. The van der Waals surface area contributed by atoms with Crippen molar-refractivity contribution in [3.05, 3.63) is 57.8 Å². The summed E-state index contributed by atoms with van der Waals surface area (Å²) in [5, 5.41) is 7.16. The van der Waals surface area contributed by atoms with Gasteiger partial charge in [0.15, 0.2) is 0 Å². The molecule has 4 heteroatoms. The molecule has 0 fully saturated rings. The Morgan fingerprint density at radius 2 is 2.10 bits per heavy atom. The molecule has 1 aromatic carbocycles. The van der Waals surface area contributed by atoms with Crippen LogP contribution >= 0.6 is 11.3 Å². The van der Waals surface area contributed by atoms with Crippen molar-refractivity contribution in [2.24, 2.45) is 0 Å². The second-order valence-electron chi connectivity index (χ2n) is 5.12. The fourth-order valence-electron chi connectivity index (χ4n) is 2.76. The van der Waals surface area contributed by atoms with Crippen molar-refractivity contribution in [3.63, 3.8) is 0 Å². The van der Waals surface area contributed by atoms with Gasteiger partial charge in [0.25, 0.3) is 0 Å². The molecule has 1 N–H and O–H groups in total. The SMILES string of the molecule is CCNC(c1sc(C)nc1C)c1cccc2cnccc12. The van der Waals surface area contributed by atoms with Gasteiger partial charge in [-0.3, -0.25) is 4.98 Å². The van der Waals surface area contributed by atoms with Gasteiger partial charge in [-0.25, -0.2) is 4.98 Å². The minimum absolute atomic E-state index is 0.187. The molecule has 3 aromatic rings. The molecule has 0 spiro atoms. The van der Waals surface area contributed by atoms with Gasteiger partial charge in [0, 0.05) is 22.7 Å². The lowest BCUT2D eigenvalue weighted by atomic mass is 9.98. The minimum atomic E-state index is 0.187. The summed E-state index contributed by atoms with van der Waals surface area (Å²) < 4.78 is 0. The van der Waals surface area contributed by atoms with Crippen LogP contribution in [-0.2, 0) is 0 Å². The molecule has 21 heavy (non-hydrogen) atoms. The molecule has 3 nitrogen and oxygen atoms in total. The van der Waals surface area contributed by atoms with Crippen molar-refractivity contribution in [2.45, 2.75) is 26.8 Å². The quantitative estimate of drug-likeness (QED) is 0.790. The third-order valence-corrected chi connectivity index (χ3v) is 4.77. The van der Waals surface area contributed by atoms with Gasteiger partial charge >= 0.3 is 0 Å². The summed E-state index contributed by atoms with van der Waals surface area (Å²) in [5.74, 6) is 0. The molecule has 3 rings (SSSR count). The number of pyridine rings is 1. The Hall–Kier alpha value is -1.78. The van der Waals surface area contributed by atoms with Crippen molar-refractivity contribution >= 4 is 22.1 Å². The van der Waals surface area contributed by atoms with Gasteiger partial charge in [0.2, 0.25) is 0 Å². The monoisotopic (exact) mass is 297 g/mol. The minimum Gasteiger partial charge on any atom is -0.306 e. The lowest BCUT2D eigenvalue weighted by Crippen LogP contribution is -2.22. The summed E-state index contributed by atoms with van der Waals surface area (Å²) in [7, 11) is 0. The van der Waals surface area contributed by atoms with Gasteiger partial charge in [-0.15, -0.1) is 11.3 Å². The van der Waals surface area contributed by atoms with Gasteiger partial charge in [0.1, 0.15) is 0 Å². The van der Waals surface area contributed by atoms with Crippen LogP contribution in [0.4, 0.5) is 0 Å². The number of hydrogen-bond donors (Lipinski definition) is 1. The van der Waals surface area contributed by atoms with Crippen LogP contribution in [0.3, 0.4) is 0 Å². The van der Waals surface area contributed by atoms with E-state index in [1.165, 1.54) is 21.2 Å². The predicted octanol–water partition coefficient (Wildman–Crippen LogP) is 4.01. The van der Waals surface area contributed by atoms with Crippen LogP contribution in [-0.4, -0.2) is 16.5 Å². The number of thiazole rings is 1. The van der Waals surface area contributed by atoms with E-state index < -0.39 is 0 Å². The highest BCUT2D eigenvalue weighted by molar-refractivity contribution is 7.11. The highest BCUT2D eigenvalue weighted by Gasteiger charge is 2.20. The predicted molar refractivity (Wildman–Crippen MR) is 88.9 cm³/mol. The van der Waals surface area contributed by atoms with E-state index in [1.807, 2.05) is 12.4 Å². The largest absolute Gasteiger partial charge is 0.306 e. The number of hydrogen-bond acceptors (Lipinski definition) is 4. The zero-order valence-electron chi connectivity index (χ0n) is 12.6. The summed E-state index contributed by atoms with van der Waals surface area (Å²) in [4.78, 5) is 10.1. The molecule has 2 aromatic heterocycles. The maximum Gasteiger partial charge on any atom is 0.0900 e. The average Bonchev–Trinajstić information content (AvgIpc) is 2.83. The third-order valence-electron chi connectivity index (χ3n) is 3.64. The zero-order valence-corrected chi connectivity index (χ0v) is 13.4. The van der Waals surface area contributed by atoms with Crippen LogP contribution in [0, 0.1) is 13.8 Å². The Labute approximate surface area is 129 Å². The summed E-state index contributed by atoms with van der Waals surface area (Å²) in [6.45, 7) is 7.22. The number of nitrogens with zero attached hydrogens (tertiary/aromatic N) is 2. The molecule has 0 amide bonds. The van der Waals surface area contributed by atoms with E-state index in [9.17, 15) is 0 Å². The molecule has 0 bridgehead atoms. The number of fused-ring (bicyclic) bond motifs is 1. The summed E-state index contributed by atoms with van der Waals surface area (Å²) in [5.41, 5.74) is 2.41. The van der Waals surface area contributed by atoms with Crippen molar-refractivity contribution in [1.29, 1.82) is 0 Å². The average molecular weight is 297 g/mol. The number of aryl methyl sites for hydroxylation is 2. The molecule has 2 heterocycles. The van der Waals surface area contributed by atoms with Crippen molar-refractivity contribution in [2.75, 3.05) is 6.54 Å². The van der Waals surface area contributed by atoms with Crippen LogP contribution in [0.1, 0.15) is 34.1 Å². The zero-order chi connectivity index (χ0) is 14.8. The van der Waals surface area contributed by atoms with Crippen molar-refractivity contribution in [3.8, 4) is 0 Å². The van der Waals surface area contributed by atoms with Gasteiger partial charge in [-0.1, -0.05) is 25.1 Å². The first-order chi connectivity index (χ1) is 10.2. The lowest BCUT2D eigenvalue weighted by Gasteiger charge is -2.19. The van der Waals surface area contributed by atoms with E-state index in [4.69, 9.17) is 0 Å². The Bertz CT molecular complexity index is 758. The van der Waals surface area contributed by atoms with Gasteiger partial charge in [-0.05, 0) is 37.4 Å². The van der Waals surface area contributed by atoms with Crippen LogP contribution in [0.5, 0.6) is 0 Å². The van der Waals surface area contributed by atoms with E-state index in [2.05, 4.69) is 60.3 Å². The molecule has 0 saturated carbocycles. The van der Waals surface area contributed by atoms with Crippen LogP contribution in [0.25, 0.3) is 10.8 Å². The van der Waals surface area contributed by atoms with E-state index in [0.717, 1.165) is 17.2 Å². The van der Waals surface area contributed by atoms with Gasteiger partial charge < -0.3 is 5.32 Å². The maximum atomic E-state index is 4.59. The number of rotatable bonds is 4. The first-order valence-corrected chi connectivity index (χ1v) is 8.02. The fourth-order valence-corrected chi connectivity index (χ4v) is 3.78. The van der Waals surface area contributed by atoms with Crippen molar-refractivity contribution < 1.29 is 0 Å². The fraction of sp³-hybridized carbons (Fsp3) is 0.294. The molecule has 1 atom stereocenters. The molecular formula is C17H19N3S. The smallest absolute Gasteiger partial charge is 0.0900 e. The van der Waals surface area contributed by atoms with Gasteiger partial charge in [0.05, 0.1) is 16.7 Å². The second-order valence-corrected chi connectivity index (χ2v) is 6.35. The Kier molecular flexibility index (Phi) is 3.99. The Morgan fingerprint density at radius 3 is 2.81 bits per heavy atom. The van der Waals surface area contributed by atoms with E-state index in [1.54, 1.807) is 11.3 Å². The van der Waals surface area contributed by atoms with Gasteiger partial charge in [-0.2, -0.15) is 0 Å². The third kappa shape index (κ3) is 2.69. The molecule has 0 saturated heterocycles. The van der Waals surface area contributed by atoms with E-state index in [0.29, 0.717) is 0 Å². The normalized spacial score (nSPS) is 12.7. The molecule has 0 aliphatic carbocycles. The topological polar surface area (TPSA) is 37.8 Å². The molecule has 1 unspecified atom stereocenters. The van der Waals surface area contributed by atoms with E-state index >= 15 is 0 Å². The summed E-state index contributed by atoms with van der Waals surface area (Å²) in [6, 6.07) is 8.70. The molecular weight excluding hydrogens is 278 g/mol. The first kappa shape index (κ1) is 14.2. The molecule has 0 radical (unpaired) electrons. The molecule has 0 aliphatic heterocycles. The second kappa shape index (κ2) is 5.92. The summed E-state index contributed by atoms with van der Waals surface area (Å²) in [6.07, 6.45) is 3.78. The Morgan fingerprint density at radius 1 is 1.24 bits per heavy atom. The number of nitrogens with one attached hydrogen (secondary N) is 1.